The van der Waals surface area contributed by atoms with Gasteiger partial charge in [0, 0.05) is 10.5 Å². The van der Waals surface area contributed by atoms with Crippen molar-refractivity contribution in [1.82, 2.24) is 5.32 Å². The van der Waals surface area contributed by atoms with Gasteiger partial charge in [-0.3, -0.25) is 10.1 Å². The number of benzene rings is 2. The molecule has 0 aromatic heterocycles. The molecule has 0 unspecified atom stereocenters. The number of hydrogen-bond donors (Lipinski definition) is 1. The van der Waals surface area contributed by atoms with Gasteiger partial charge < -0.3 is 14.2 Å². The quantitative estimate of drug-likeness (QED) is 0.268. The van der Waals surface area contributed by atoms with Gasteiger partial charge in [0.1, 0.15) is 6.61 Å². The highest BCUT2D eigenvalue weighted by Gasteiger charge is 2.25. The second-order valence-corrected chi connectivity index (χ2v) is 8.01. The SMILES string of the molecule is COC(=O)/C=C1/S/C(=N\N=Cc2ccc(OCc3ccc(Br)cc3)c(OC)c2)NC1=O. The van der Waals surface area contributed by atoms with Crippen LogP contribution < -0.4 is 14.8 Å². The largest absolute Gasteiger partial charge is 0.493 e. The van der Waals surface area contributed by atoms with Crippen LogP contribution in [0, 0.1) is 0 Å². The summed E-state index contributed by atoms with van der Waals surface area (Å²) in [5.41, 5.74) is 1.76. The third kappa shape index (κ3) is 6.43. The third-order valence-corrected chi connectivity index (χ3v) is 5.38. The van der Waals surface area contributed by atoms with Gasteiger partial charge in [-0.25, -0.2) is 4.79 Å². The van der Waals surface area contributed by atoms with Gasteiger partial charge in [0.15, 0.2) is 16.7 Å². The summed E-state index contributed by atoms with van der Waals surface area (Å²) in [6.07, 6.45) is 2.62. The molecule has 1 aliphatic heterocycles. The Balaban J connectivity index is 1.64. The van der Waals surface area contributed by atoms with Crippen molar-refractivity contribution in [3.05, 3.63) is 69.0 Å². The van der Waals surface area contributed by atoms with E-state index in [-0.39, 0.29) is 10.1 Å². The Morgan fingerprint density at radius 2 is 1.94 bits per heavy atom. The van der Waals surface area contributed by atoms with Crippen LogP contribution in [0.5, 0.6) is 11.5 Å². The average Bonchev–Trinajstić information content (AvgIpc) is 3.12. The van der Waals surface area contributed by atoms with Crippen molar-refractivity contribution in [1.29, 1.82) is 0 Å². The van der Waals surface area contributed by atoms with Gasteiger partial charge in [-0.05, 0) is 53.2 Å². The van der Waals surface area contributed by atoms with Crippen LogP contribution in [0.15, 0.2) is 68.1 Å². The molecule has 10 heteroatoms. The van der Waals surface area contributed by atoms with Crippen molar-refractivity contribution < 1.29 is 23.8 Å². The molecule has 0 atom stereocenters. The number of thioether (sulfide) groups is 1. The number of amides is 1. The zero-order chi connectivity index (χ0) is 22.2. The highest BCUT2D eigenvalue weighted by molar-refractivity contribution is 9.10. The number of ether oxygens (including phenoxy) is 3. The molecule has 1 amide bonds. The molecule has 1 saturated heterocycles. The van der Waals surface area contributed by atoms with Crippen molar-refractivity contribution >= 4 is 51.0 Å². The minimum absolute atomic E-state index is 0.190. The predicted molar refractivity (Wildman–Crippen MR) is 122 cm³/mol. The molecule has 2 aromatic rings. The van der Waals surface area contributed by atoms with Gasteiger partial charge in [0.2, 0.25) is 0 Å². The van der Waals surface area contributed by atoms with Gasteiger partial charge in [0.05, 0.1) is 25.3 Å². The van der Waals surface area contributed by atoms with Gasteiger partial charge in [-0.1, -0.05) is 28.1 Å². The van der Waals surface area contributed by atoms with Crippen molar-refractivity contribution in [3.63, 3.8) is 0 Å². The molecule has 0 aliphatic carbocycles. The Kier molecular flexibility index (Phi) is 7.85. The number of carbonyl (C=O) groups is 2. The molecule has 1 fully saturated rings. The van der Waals surface area contributed by atoms with Gasteiger partial charge in [0.25, 0.3) is 5.91 Å². The molecule has 2 aromatic carbocycles. The van der Waals surface area contributed by atoms with Crippen molar-refractivity contribution in [2.24, 2.45) is 10.2 Å². The first-order valence-corrected chi connectivity index (χ1v) is 10.5. The van der Waals surface area contributed by atoms with Crippen LogP contribution in [0.4, 0.5) is 0 Å². The fraction of sp³-hybridized carbons (Fsp3) is 0.143. The molecule has 0 radical (unpaired) electrons. The van der Waals surface area contributed by atoms with E-state index in [1.807, 2.05) is 30.3 Å². The summed E-state index contributed by atoms with van der Waals surface area (Å²) in [6, 6.07) is 13.2. The lowest BCUT2D eigenvalue weighted by atomic mass is 10.2. The first kappa shape index (κ1) is 22.6. The molecule has 1 N–H and O–H groups in total. The van der Waals surface area contributed by atoms with Crippen LogP contribution in [-0.2, 0) is 20.9 Å². The van der Waals surface area contributed by atoms with Crippen molar-refractivity contribution in [2.75, 3.05) is 14.2 Å². The lowest BCUT2D eigenvalue weighted by Gasteiger charge is -2.11. The normalized spacial score (nSPS) is 16.0. The van der Waals surface area contributed by atoms with E-state index in [0.717, 1.165) is 33.4 Å². The van der Waals surface area contributed by atoms with E-state index >= 15 is 0 Å². The van der Waals surface area contributed by atoms with Crippen LogP contribution in [0.2, 0.25) is 0 Å². The number of rotatable bonds is 7. The van der Waals surface area contributed by atoms with E-state index in [1.54, 1.807) is 19.2 Å². The number of carbonyl (C=O) groups excluding carboxylic acids is 2. The van der Waals surface area contributed by atoms with Gasteiger partial charge in [-0.15, -0.1) is 5.10 Å². The Morgan fingerprint density at radius 1 is 1.16 bits per heavy atom. The lowest BCUT2D eigenvalue weighted by molar-refractivity contribution is -0.135. The van der Waals surface area contributed by atoms with E-state index in [2.05, 4.69) is 36.2 Å². The first-order chi connectivity index (χ1) is 15.0. The second-order valence-electron chi connectivity index (χ2n) is 6.06. The lowest BCUT2D eigenvalue weighted by Crippen LogP contribution is -2.19. The van der Waals surface area contributed by atoms with E-state index in [9.17, 15) is 9.59 Å². The van der Waals surface area contributed by atoms with Gasteiger partial charge in [-0.2, -0.15) is 5.10 Å². The second kappa shape index (κ2) is 10.8. The minimum Gasteiger partial charge on any atom is -0.493 e. The molecule has 1 aliphatic rings. The Morgan fingerprint density at radius 3 is 2.65 bits per heavy atom. The highest BCUT2D eigenvalue weighted by Crippen LogP contribution is 2.29. The van der Waals surface area contributed by atoms with E-state index in [0.29, 0.717) is 18.1 Å². The summed E-state index contributed by atoms with van der Waals surface area (Å²) >= 11 is 4.41. The van der Waals surface area contributed by atoms with Crippen LogP contribution in [0.1, 0.15) is 11.1 Å². The summed E-state index contributed by atoms with van der Waals surface area (Å²) in [6.45, 7) is 0.406. The maximum absolute atomic E-state index is 11.8. The molecule has 3 rings (SSSR count). The predicted octanol–water partition coefficient (Wildman–Crippen LogP) is 3.65. The number of nitrogens with one attached hydrogen (secondary N) is 1. The zero-order valence-corrected chi connectivity index (χ0v) is 19.0. The Bertz CT molecular complexity index is 1070. The Labute approximate surface area is 191 Å². The molecule has 31 heavy (non-hydrogen) atoms. The maximum atomic E-state index is 11.8. The summed E-state index contributed by atoms with van der Waals surface area (Å²) in [5.74, 6) is 0.112. The minimum atomic E-state index is -0.614. The summed E-state index contributed by atoms with van der Waals surface area (Å²) in [7, 11) is 2.80. The first-order valence-electron chi connectivity index (χ1n) is 8.93. The van der Waals surface area contributed by atoms with E-state index in [4.69, 9.17) is 9.47 Å². The summed E-state index contributed by atoms with van der Waals surface area (Å²) in [5, 5.41) is 10.7. The van der Waals surface area contributed by atoms with Crippen LogP contribution >= 0.6 is 27.7 Å². The highest BCUT2D eigenvalue weighted by atomic mass is 79.9. The molecule has 0 spiro atoms. The smallest absolute Gasteiger partial charge is 0.331 e. The van der Waals surface area contributed by atoms with E-state index < -0.39 is 11.9 Å². The number of methoxy groups -OCH3 is 2. The zero-order valence-electron chi connectivity index (χ0n) is 16.6. The molecule has 8 nitrogen and oxygen atoms in total. The van der Waals surface area contributed by atoms with E-state index in [1.165, 1.54) is 13.3 Å². The molecule has 160 valence electrons. The summed E-state index contributed by atoms with van der Waals surface area (Å²) < 4.78 is 16.8. The molecule has 1 heterocycles. The third-order valence-electron chi connectivity index (χ3n) is 3.95. The molecule has 0 bridgehead atoms. The van der Waals surface area contributed by atoms with Gasteiger partial charge >= 0.3 is 5.97 Å². The van der Waals surface area contributed by atoms with Crippen LogP contribution in [0.3, 0.4) is 0 Å². The van der Waals surface area contributed by atoms with Crippen molar-refractivity contribution in [2.45, 2.75) is 6.61 Å². The Hall–Kier alpha value is -3.11. The molecule has 0 saturated carbocycles. The number of amidine groups is 1. The number of nitrogens with zero attached hydrogens (tertiary/aromatic N) is 2. The maximum Gasteiger partial charge on any atom is 0.331 e. The number of hydrogen-bond acceptors (Lipinski definition) is 8. The number of halogens is 1. The standard InChI is InChI=1S/C21H18BrN3O5S/c1-28-17-9-14(5-8-16(17)30-12-13-3-6-15(22)7-4-13)11-23-25-21-24-20(27)18(31-21)10-19(26)29-2/h3-11H,12H2,1-2H3,(H,24,25,27)/b18-10+,23-11?. The molecular weight excluding hydrogens is 486 g/mol. The topological polar surface area (TPSA) is 98.6 Å². The van der Waals surface area contributed by atoms with Crippen molar-refractivity contribution in [3.8, 4) is 11.5 Å². The monoisotopic (exact) mass is 503 g/mol. The van der Waals surface area contributed by atoms with Crippen LogP contribution in [0.25, 0.3) is 0 Å². The fourth-order valence-electron chi connectivity index (χ4n) is 2.41. The van der Waals surface area contributed by atoms with Crippen LogP contribution in [-0.4, -0.2) is 37.5 Å². The summed E-state index contributed by atoms with van der Waals surface area (Å²) in [4.78, 5) is 23.2. The fourth-order valence-corrected chi connectivity index (χ4v) is 3.42. The molecular formula is C21H18BrN3O5S. The number of esters is 1. The average molecular weight is 504 g/mol.